The molecule has 1 aromatic heterocycles. The van der Waals surface area contributed by atoms with Crippen LogP contribution in [0.4, 0.5) is 0 Å². The molecule has 18 heavy (non-hydrogen) atoms. The second kappa shape index (κ2) is 4.90. The molecule has 0 N–H and O–H groups in total. The number of carbonyl (C=O) groups excluding carboxylic acids is 1. The minimum absolute atomic E-state index is 0.0790. The van der Waals surface area contributed by atoms with Crippen LogP contribution < -0.4 is 0 Å². The van der Waals surface area contributed by atoms with E-state index in [0.29, 0.717) is 5.02 Å². The Morgan fingerprint density at radius 3 is 2.56 bits per heavy atom. The predicted molar refractivity (Wildman–Crippen MR) is 69.5 cm³/mol. The molecule has 1 aromatic carbocycles. The summed E-state index contributed by atoms with van der Waals surface area (Å²) in [6.07, 6.45) is 2.96. The molecular weight excluding hydrogens is 250 g/mol. The molecule has 0 unspecified atom stereocenters. The van der Waals surface area contributed by atoms with Crippen LogP contribution in [0.1, 0.15) is 19.4 Å². The number of carbonyl (C=O) groups is 1. The van der Waals surface area contributed by atoms with Gasteiger partial charge < -0.3 is 0 Å². The van der Waals surface area contributed by atoms with Gasteiger partial charge in [-0.05, 0) is 31.5 Å². The molecule has 5 heteroatoms. The monoisotopic (exact) mass is 263 g/mol. The highest BCUT2D eigenvalue weighted by Crippen LogP contribution is 2.26. The zero-order valence-corrected chi connectivity index (χ0v) is 11.1. The van der Waals surface area contributed by atoms with Gasteiger partial charge in [-0.2, -0.15) is 5.10 Å². The predicted octanol–water partition coefficient (Wildman–Crippen LogP) is 2.48. The van der Waals surface area contributed by atoms with Crippen LogP contribution in [-0.4, -0.2) is 20.5 Å². The van der Waals surface area contributed by atoms with Crippen molar-refractivity contribution in [2.24, 2.45) is 0 Å². The van der Waals surface area contributed by atoms with Crippen LogP contribution in [-0.2, 0) is 16.8 Å². The highest BCUT2D eigenvalue weighted by atomic mass is 35.5. The first-order valence-electron chi connectivity index (χ1n) is 5.62. The third-order valence-electron chi connectivity index (χ3n) is 3.04. The van der Waals surface area contributed by atoms with Gasteiger partial charge in [0.05, 0.1) is 5.41 Å². The fourth-order valence-electron chi connectivity index (χ4n) is 1.69. The number of nitrogens with zero attached hydrogens (tertiary/aromatic N) is 3. The van der Waals surface area contributed by atoms with Gasteiger partial charge in [0.25, 0.3) is 0 Å². The van der Waals surface area contributed by atoms with E-state index in [-0.39, 0.29) is 12.3 Å². The zero-order chi connectivity index (χ0) is 13.2. The average molecular weight is 264 g/mol. The Kier molecular flexibility index (Phi) is 3.48. The normalized spacial score (nSPS) is 11.5. The average Bonchev–Trinajstić information content (AvgIpc) is 2.82. The van der Waals surface area contributed by atoms with Crippen molar-refractivity contribution in [2.75, 3.05) is 0 Å². The van der Waals surface area contributed by atoms with Crippen molar-refractivity contribution in [3.8, 4) is 0 Å². The van der Waals surface area contributed by atoms with Crippen molar-refractivity contribution in [1.29, 1.82) is 0 Å². The minimum Gasteiger partial charge on any atom is -0.297 e. The SMILES string of the molecule is CC(C)(C(=O)Cn1cncn1)c1ccc(Cl)cc1. The summed E-state index contributed by atoms with van der Waals surface area (Å²) in [4.78, 5) is 16.1. The Morgan fingerprint density at radius 1 is 1.33 bits per heavy atom. The van der Waals surface area contributed by atoms with Crippen LogP contribution in [0.15, 0.2) is 36.9 Å². The summed E-state index contributed by atoms with van der Waals surface area (Å²) in [5.74, 6) is 0.0790. The standard InChI is InChI=1S/C13H14ClN3O/c1-13(2,10-3-5-11(14)6-4-10)12(18)7-17-9-15-8-16-17/h3-6,8-9H,7H2,1-2H3. The summed E-state index contributed by atoms with van der Waals surface area (Å²) >= 11 is 5.85. The number of Topliss-reactive ketones (excluding diaryl/α,β-unsaturated/α-hetero) is 1. The molecule has 0 aliphatic carbocycles. The molecule has 0 atom stereocenters. The molecule has 0 fully saturated rings. The lowest BCUT2D eigenvalue weighted by Gasteiger charge is -2.23. The van der Waals surface area contributed by atoms with Crippen molar-refractivity contribution >= 4 is 17.4 Å². The van der Waals surface area contributed by atoms with E-state index >= 15 is 0 Å². The Morgan fingerprint density at radius 2 is 2.00 bits per heavy atom. The highest BCUT2D eigenvalue weighted by Gasteiger charge is 2.29. The summed E-state index contributed by atoms with van der Waals surface area (Å²) in [6, 6.07) is 7.34. The van der Waals surface area contributed by atoms with Gasteiger partial charge in [0.15, 0.2) is 5.78 Å². The Bertz CT molecular complexity index is 532. The summed E-state index contributed by atoms with van der Waals surface area (Å²) in [5, 5.41) is 4.61. The van der Waals surface area contributed by atoms with Gasteiger partial charge in [0, 0.05) is 5.02 Å². The van der Waals surface area contributed by atoms with Crippen LogP contribution in [0, 0.1) is 0 Å². The van der Waals surface area contributed by atoms with E-state index in [9.17, 15) is 4.79 Å². The molecule has 0 aliphatic rings. The van der Waals surface area contributed by atoms with Gasteiger partial charge in [-0.15, -0.1) is 0 Å². The van der Waals surface area contributed by atoms with Crippen molar-refractivity contribution in [3.63, 3.8) is 0 Å². The third-order valence-corrected chi connectivity index (χ3v) is 3.29. The molecule has 0 saturated heterocycles. The number of rotatable bonds is 4. The summed E-state index contributed by atoms with van der Waals surface area (Å²) in [6.45, 7) is 4.01. The van der Waals surface area contributed by atoms with E-state index in [1.54, 1.807) is 12.1 Å². The molecule has 2 aromatic rings. The van der Waals surface area contributed by atoms with E-state index in [1.807, 2.05) is 26.0 Å². The molecule has 94 valence electrons. The van der Waals surface area contributed by atoms with Gasteiger partial charge in [0.1, 0.15) is 19.2 Å². The fourth-order valence-corrected chi connectivity index (χ4v) is 1.81. The molecular formula is C13H14ClN3O. The molecule has 2 rings (SSSR count). The summed E-state index contributed by atoms with van der Waals surface area (Å²) in [7, 11) is 0. The first kappa shape index (κ1) is 12.8. The van der Waals surface area contributed by atoms with Crippen LogP contribution >= 0.6 is 11.6 Å². The van der Waals surface area contributed by atoms with E-state index in [2.05, 4.69) is 10.1 Å². The van der Waals surface area contributed by atoms with E-state index in [1.165, 1.54) is 17.3 Å². The molecule has 1 heterocycles. The lowest BCUT2D eigenvalue weighted by molar-refractivity contribution is -0.124. The smallest absolute Gasteiger partial charge is 0.164 e. The third kappa shape index (κ3) is 2.59. The van der Waals surface area contributed by atoms with Gasteiger partial charge in [0.2, 0.25) is 0 Å². The zero-order valence-electron chi connectivity index (χ0n) is 10.3. The largest absolute Gasteiger partial charge is 0.297 e. The van der Waals surface area contributed by atoms with Crippen molar-refractivity contribution in [1.82, 2.24) is 14.8 Å². The number of aromatic nitrogens is 3. The lowest BCUT2D eigenvalue weighted by Crippen LogP contribution is -2.32. The topological polar surface area (TPSA) is 47.8 Å². The first-order chi connectivity index (χ1) is 8.50. The second-order valence-corrected chi connectivity index (χ2v) is 5.08. The van der Waals surface area contributed by atoms with Gasteiger partial charge in [-0.25, -0.2) is 9.67 Å². The highest BCUT2D eigenvalue weighted by molar-refractivity contribution is 6.30. The molecule has 0 spiro atoms. The Balaban J connectivity index is 2.19. The van der Waals surface area contributed by atoms with Crippen LogP contribution in [0.25, 0.3) is 0 Å². The number of ketones is 1. The molecule has 0 aliphatic heterocycles. The molecule has 0 bridgehead atoms. The first-order valence-corrected chi connectivity index (χ1v) is 6.00. The van der Waals surface area contributed by atoms with Crippen molar-refractivity contribution < 1.29 is 4.79 Å². The molecule has 4 nitrogen and oxygen atoms in total. The maximum absolute atomic E-state index is 12.3. The molecule has 0 radical (unpaired) electrons. The maximum atomic E-state index is 12.3. The number of hydrogen-bond acceptors (Lipinski definition) is 3. The molecule has 0 saturated carbocycles. The number of hydrogen-bond donors (Lipinski definition) is 0. The Labute approximate surface area is 111 Å². The van der Waals surface area contributed by atoms with Gasteiger partial charge in [-0.3, -0.25) is 4.79 Å². The quantitative estimate of drug-likeness (QED) is 0.851. The van der Waals surface area contributed by atoms with E-state index in [4.69, 9.17) is 11.6 Å². The second-order valence-electron chi connectivity index (χ2n) is 4.65. The van der Waals surface area contributed by atoms with Crippen LogP contribution in [0.3, 0.4) is 0 Å². The summed E-state index contributed by atoms with van der Waals surface area (Å²) in [5.41, 5.74) is 0.369. The van der Waals surface area contributed by atoms with E-state index < -0.39 is 5.41 Å². The lowest BCUT2D eigenvalue weighted by atomic mass is 9.80. The van der Waals surface area contributed by atoms with Crippen molar-refractivity contribution in [2.45, 2.75) is 25.8 Å². The van der Waals surface area contributed by atoms with Crippen LogP contribution in [0.5, 0.6) is 0 Å². The van der Waals surface area contributed by atoms with Crippen molar-refractivity contribution in [3.05, 3.63) is 47.5 Å². The fraction of sp³-hybridized carbons (Fsp3) is 0.308. The number of benzene rings is 1. The van der Waals surface area contributed by atoms with Gasteiger partial charge >= 0.3 is 0 Å². The minimum atomic E-state index is -0.573. The summed E-state index contributed by atoms with van der Waals surface area (Å²) < 4.78 is 1.53. The number of halogens is 1. The maximum Gasteiger partial charge on any atom is 0.164 e. The van der Waals surface area contributed by atoms with Crippen LogP contribution in [0.2, 0.25) is 5.02 Å². The molecule has 0 amide bonds. The van der Waals surface area contributed by atoms with Gasteiger partial charge in [-0.1, -0.05) is 23.7 Å². The van der Waals surface area contributed by atoms with E-state index in [0.717, 1.165) is 5.56 Å². The Hall–Kier alpha value is -1.68.